The number of hydrogen-bond acceptors (Lipinski definition) is 11. The standard InChI is InChI=1S/C43H71N13O9/c1-5-25(4)34(39(62)54-32(41(64)65)22-24(2)3)55-37(60)31(23-26-14-16-27(57)17-15-26)53-38(61)33-13-9-21-56(33)40(63)30(12-8-20-50-43(46)47)52-36(59)29(11-7-19-49-42(44)45)51-35(58)28-10-6-18-48-28/h14-17,24-25,28-34,48,57H,5-13,18-23H2,1-4H3,(H,51,58)(H,52,59)(H,53,61)(H,54,62)(H,55,60)(H,64,65)(H4,44,45,49)(H4,46,47,50)/t25-,28-,29-,30-,31-,32-,33-,34-/m0/s1. The quantitative estimate of drug-likeness (QED) is 0.0283. The first-order valence-electron chi connectivity index (χ1n) is 22.5. The summed E-state index contributed by atoms with van der Waals surface area (Å²) in [6.07, 6.45) is 3.36. The molecule has 22 nitrogen and oxygen atoms in total. The molecule has 8 atom stereocenters. The summed E-state index contributed by atoms with van der Waals surface area (Å²) in [4.78, 5) is 105. The fraction of sp³-hybridized carbons (Fsp3) is 0.651. The molecule has 6 amide bonds. The van der Waals surface area contributed by atoms with Crippen LogP contribution in [0.2, 0.25) is 0 Å². The maximum absolute atomic E-state index is 14.5. The number of hydrogen-bond donors (Lipinski definition) is 12. The molecule has 0 aromatic heterocycles. The Balaban J connectivity index is 1.90. The van der Waals surface area contributed by atoms with Crippen molar-refractivity contribution >= 4 is 53.3 Å². The number of aliphatic carboxylic acids is 1. The maximum atomic E-state index is 14.5. The number of rotatable bonds is 26. The maximum Gasteiger partial charge on any atom is 0.326 e. The van der Waals surface area contributed by atoms with Gasteiger partial charge in [-0.1, -0.05) is 46.2 Å². The third-order valence-corrected chi connectivity index (χ3v) is 11.5. The Labute approximate surface area is 380 Å². The number of carbonyl (C=O) groups excluding carboxylic acids is 6. The number of likely N-dealkylation sites (tertiary alicyclic amines) is 1. The molecular weight excluding hydrogens is 843 g/mol. The summed E-state index contributed by atoms with van der Waals surface area (Å²) >= 11 is 0. The molecule has 0 saturated carbocycles. The highest BCUT2D eigenvalue weighted by atomic mass is 16.4. The molecule has 2 heterocycles. The van der Waals surface area contributed by atoms with Crippen LogP contribution < -0.4 is 54.8 Å². The second-order valence-electron chi connectivity index (χ2n) is 17.2. The van der Waals surface area contributed by atoms with Crippen LogP contribution >= 0.6 is 0 Å². The third-order valence-electron chi connectivity index (χ3n) is 11.5. The number of benzene rings is 1. The van der Waals surface area contributed by atoms with Crippen molar-refractivity contribution in [2.45, 2.75) is 141 Å². The van der Waals surface area contributed by atoms with Gasteiger partial charge in [0.05, 0.1) is 6.04 Å². The number of carboxylic acid groups (broad SMARTS) is 1. The highest BCUT2D eigenvalue weighted by molar-refractivity contribution is 5.97. The average Bonchev–Trinajstić information content (AvgIpc) is 3.98. The smallest absolute Gasteiger partial charge is 0.326 e. The first kappa shape index (κ1) is 53.2. The van der Waals surface area contributed by atoms with Crippen LogP contribution in [0.4, 0.5) is 0 Å². The molecule has 65 heavy (non-hydrogen) atoms. The Bertz CT molecular complexity index is 1830. The lowest BCUT2D eigenvalue weighted by Crippen LogP contribution is -2.60. The summed E-state index contributed by atoms with van der Waals surface area (Å²) in [5.74, 6) is -5.68. The minimum Gasteiger partial charge on any atom is -0.508 e. The molecule has 0 bridgehead atoms. The van der Waals surface area contributed by atoms with E-state index >= 15 is 0 Å². The lowest BCUT2D eigenvalue weighted by Gasteiger charge is -2.31. The first-order valence-corrected chi connectivity index (χ1v) is 22.5. The van der Waals surface area contributed by atoms with Crippen LogP contribution in [0.3, 0.4) is 0 Å². The molecule has 1 aromatic carbocycles. The number of phenols is 1. The van der Waals surface area contributed by atoms with Gasteiger partial charge in [0.1, 0.15) is 42.0 Å². The number of guanidine groups is 2. The Hall–Kier alpha value is -6.19. The van der Waals surface area contributed by atoms with E-state index in [1.54, 1.807) is 19.1 Å². The zero-order valence-corrected chi connectivity index (χ0v) is 38.0. The van der Waals surface area contributed by atoms with Gasteiger partial charge in [-0.15, -0.1) is 0 Å². The van der Waals surface area contributed by atoms with Gasteiger partial charge in [0, 0.05) is 26.1 Å². The van der Waals surface area contributed by atoms with Crippen molar-refractivity contribution in [2.75, 3.05) is 26.2 Å². The van der Waals surface area contributed by atoms with Gasteiger partial charge in [0.2, 0.25) is 35.4 Å². The van der Waals surface area contributed by atoms with Gasteiger partial charge in [-0.2, -0.15) is 0 Å². The highest BCUT2D eigenvalue weighted by Gasteiger charge is 2.40. The number of aromatic hydroxyl groups is 1. The number of nitrogens with one attached hydrogen (secondary N) is 6. The molecule has 0 spiro atoms. The summed E-state index contributed by atoms with van der Waals surface area (Å²) in [6.45, 7) is 8.33. The number of nitrogens with two attached hydrogens (primary N) is 4. The predicted octanol–water partition coefficient (Wildman–Crippen LogP) is -1.61. The van der Waals surface area contributed by atoms with E-state index in [2.05, 4.69) is 41.9 Å². The second kappa shape index (κ2) is 26.6. The van der Waals surface area contributed by atoms with E-state index in [1.807, 2.05) is 20.8 Å². The van der Waals surface area contributed by atoms with Crippen molar-refractivity contribution in [3.8, 4) is 5.75 Å². The molecule has 0 aliphatic carbocycles. The molecule has 2 aliphatic rings. The Morgan fingerprint density at radius 3 is 1.89 bits per heavy atom. The Morgan fingerprint density at radius 1 is 0.754 bits per heavy atom. The molecule has 2 saturated heterocycles. The summed E-state index contributed by atoms with van der Waals surface area (Å²) in [5.41, 5.74) is 22.6. The lowest BCUT2D eigenvalue weighted by molar-refractivity contribution is -0.143. The number of carboxylic acids is 1. The van der Waals surface area contributed by atoms with E-state index in [1.165, 1.54) is 17.0 Å². The van der Waals surface area contributed by atoms with Gasteiger partial charge in [0.25, 0.3) is 0 Å². The Morgan fingerprint density at radius 2 is 1.34 bits per heavy atom. The molecule has 362 valence electrons. The normalized spacial score (nSPS) is 18.5. The average molecular weight is 914 g/mol. The van der Waals surface area contributed by atoms with E-state index in [-0.39, 0.29) is 87.7 Å². The van der Waals surface area contributed by atoms with Crippen LogP contribution in [0, 0.1) is 11.8 Å². The van der Waals surface area contributed by atoms with Crippen LogP contribution in [0.15, 0.2) is 34.3 Å². The summed E-state index contributed by atoms with van der Waals surface area (Å²) in [5, 5.41) is 36.6. The van der Waals surface area contributed by atoms with Crippen LogP contribution in [-0.2, 0) is 40.0 Å². The molecule has 0 unspecified atom stereocenters. The molecular formula is C43H71N13O9. The molecule has 3 rings (SSSR count). The highest BCUT2D eigenvalue weighted by Crippen LogP contribution is 2.22. The van der Waals surface area contributed by atoms with E-state index in [4.69, 9.17) is 22.9 Å². The van der Waals surface area contributed by atoms with Crippen molar-refractivity contribution in [2.24, 2.45) is 44.8 Å². The predicted molar refractivity (Wildman–Crippen MR) is 244 cm³/mol. The lowest BCUT2D eigenvalue weighted by atomic mass is 9.96. The van der Waals surface area contributed by atoms with Crippen LogP contribution in [0.25, 0.3) is 0 Å². The van der Waals surface area contributed by atoms with Gasteiger partial charge in [-0.25, -0.2) is 4.79 Å². The fourth-order valence-electron chi connectivity index (χ4n) is 7.74. The van der Waals surface area contributed by atoms with Gasteiger partial charge in [-0.05, 0) is 93.9 Å². The molecule has 22 heteroatoms. The van der Waals surface area contributed by atoms with Crippen molar-refractivity contribution in [1.82, 2.24) is 36.8 Å². The molecule has 0 radical (unpaired) electrons. The first-order chi connectivity index (χ1) is 30.8. The minimum absolute atomic E-state index is 0.0211. The van der Waals surface area contributed by atoms with Crippen molar-refractivity contribution in [3.63, 3.8) is 0 Å². The number of nitrogens with zero attached hydrogens (tertiary/aromatic N) is 3. The molecule has 1 aromatic rings. The van der Waals surface area contributed by atoms with Crippen LogP contribution in [0.1, 0.15) is 97.5 Å². The third kappa shape index (κ3) is 17.7. The molecule has 16 N–H and O–H groups in total. The van der Waals surface area contributed by atoms with Crippen LogP contribution in [-0.4, -0.2) is 137 Å². The second-order valence-corrected chi connectivity index (χ2v) is 17.2. The number of phenolic OH excluding ortho intramolecular Hbond substituents is 1. The number of aliphatic imine (C=N–C) groups is 2. The van der Waals surface area contributed by atoms with E-state index < -0.39 is 83.7 Å². The van der Waals surface area contributed by atoms with Crippen molar-refractivity contribution in [3.05, 3.63) is 29.8 Å². The van der Waals surface area contributed by atoms with Gasteiger partial charge < -0.3 is 69.9 Å². The number of carbonyl (C=O) groups is 7. The Kier molecular flexibility index (Phi) is 21.7. The van der Waals surface area contributed by atoms with E-state index in [0.29, 0.717) is 37.8 Å². The van der Waals surface area contributed by atoms with Gasteiger partial charge in [0.15, 0.2) is 11.9 Å². The van der Waals surface area contributed by atoms with Crippen molar-refractivity contribution < 1.29 is 43.8 Å². The minimum atomic E-state index is -1.29. The van der Waals surface area contributed by atoms with Gasteiger partial charge >= 0.3 is 5.97 Å². The van der Waals surface area contributed by atoms with Gasteiger partial charge in [-0.3, -0.25) is 38.8 Å². The van der Waals surface area contributed by atoms with E-state index in [0.717, 1.165) is 6.42 Å². The molecule has 2 fully saturated rings. The summed E-state index contributed by atoms with van der Waals surface area (Å²) in [6, 6.07) is -1.44. The SMILES string of the molecule is CC[C@H](C)[C@H](NC(=O)[C@H](Cc1ccc(O)cc1)NC(=O)[C@@H]1CCCN1C(=O)[C@H](CCCN=C(N)N)NC(=O)[C@H](CCCN=C(N)N)NC(=O)[C@@H]1CCCN1)C(=O)N[C@@H](CC(C)C)C(=O)O. The van der Waals surface area contributed by atoms with Crippen molar-refractivity contribution in [1.29, 1.82) is 0 Å². The molecule has 2 aliphatic heterocycles. The topological polar surface area (TPSA) is 364 Å². The van der Waals surface area contributed by atoms with Crippen LogP contribution in [0.5, 0.6) is 5.75 Å². The largest absolute Gasteiger partial charge is 0.508 e. The number of amides is 6. The zero-order chi connectivity index (χ0) is 48.2. The fourth-order valence-corrected chi connectivity index (χ4v) is 7.74. The summed E-state index contributed by atoms with van der Waals surface area (Å²) < 4.78 is 0. The summed E-state index contributed by atoms with van der Waals surface area (Å²) in [7, 11) is 0. The monoisotopic (exact) mass is 914 g/mol. The zero-order valence-electron chi connectivity index (χ0n) is 38.0. The van der Waals surface area contributed by atoms with E-state index in [9.17, 15) is 43.8 Å².